The Labute approximate surface area is 218 Å². The van der Waals surface area contributed by atoms with Crippen LogP contribution < -0.4 is 22.1 Å². The van der Waals surface area contributed by atoms with E-state index in [-0.39, 0.29) is 45.5 Å². The Bertz CT molecular complexity index is 1330. The topological polar surface area (TPSA) is 196 Å². The number of piperidine rings is 1. The van der Waals surface area contributed by atoms with Crippen LogP contribution >= 0.6 is 11.6 Å². The summed E-state index contributed by atoms with van der Waals surface area (Å²) >= 11 is 5.85. The zero-order chi connectivity index (χ0) is 26.9. The first-order valence-corrected chi connectivity index (χ1v) is 12.0. The maximum Gasteiger partial charge on any atom is 0.302 e. The third kappa shape index (κ3) is 5.33. The molecule has 1 aromatic heterocycles. The van der Waals surface area contributed by atoms with Gasteiger partial charge in [0.15, 0.2) is 28.4 Å². The van der Waals surface area contributed by atoms with Gasteiger partial charge in [0.05, 0.1) is 11.3 Å². The molecule has 0 bridgehead atoms. The molecule has 4 rings (SSSR count). The quantitative estimate of drug-likeness (QED) is 0.195. The summed E-state index contributed by atoms with van der Waals surface area (Å²) < 4.78 is 0. The van der Waals surface area contributed by atoms with Crippen LogP contribution in [0.5, 0.6) is 0 Å². The molecule has 37 heavy (non-hydrogen) atoms. The van der Waals surface area contributed by atoms with Crippen molar-refractivity contribution in [1.29, 1.82) is 5.41 Å². The van der Waals surface area contributed by atoms with Crippen molar-refractivity contribution in [3.63, 3.8) is 0 Å². The molecule has 1 aromatic carbocycles. The number of likely N-dealkylation sites (tertiary alicyclic amines) is 1. The predicted octanol–water partition coefficient (Wildman–Crippen LogP) is 1.55. The summed E-state index contributed by atoms with van der Waals surface area (Å²) in [5.41, 5.74) is 12.2. The van der Waals surface area contributed by atoms with E-state index in [1.165, 1.54) is 6.92 Å². The van der Waals surface area contributed by atoms with Gasteiger partial charge in [-0.3, -0.25) is 15.0 Å². The lowest BCUT2D eigenvalue weighted by Crippen LogP contribution is -2.54. The molecule has 2 saturated heterocycles. The second kappa shape index (κ2) is 10.1. The number of nitrogens with two attached hydrogens (primary N) is 2. The zero-order valence-corrected chi connectivity index (χ0v) is 21.2. The van der Waals surface area contributed by atoms with Crippen LogP contribution in [0.15, 0.2) is 40.6 Å². The van der Waals surface area contributed by atoms with Gasteiger partial charge in [-0.2, -0.15) is 4.99 Å². The fourth-order valence-corrected chi connectivity index (χ4v) is 4.45. The SMILES string of the molecule is C/C(O)=C(/C(=N)c1ccc(C)cc1)C(=O)N1CCC2(CC1)CN/C(=N\C(=O)c1nc(Cl)c(N)nc1N)N2. The highest BCUT2D eigenvalue weighted by Gasteiger charge is 2.41. The normalized spacial score (nSPS) is 18.2. The lowest BCUT2D eigenvalue weighted by Gasteiger charge is -2.39. The van der Waals surface area contributed by atoms with Gasteiger partial charge in [0.2, 0.25) is 0 Å². The number of aliphatic imine (C=N–C) groups is 1. The molecule has 13 heteroatoms. The molecule has 0 aliphatic carbocycles. The van der Waals surface area contributed by atoms with Crippen molar-refractivity contribution in [2.24, 2.45) is 4.99 Å². The molecule has 0 atom stereocenters. The van der Waals surface area contributed by atoms with Gasteiger partial charge in [0.25, 0.3) is 5.91 Å². The number of aliphatic hydroxyl groups excluding tert-OH is 1. The van der Waals surface area contributed by atoms with Crippen molar-refractivity contribution in [2.75, 3.05) is 31.1 Å². The molecule has 0 saturated carbocycles. The average Bonchev–Trinajstić information content (AvgIpc) is 3.23. The number of aromatic nitrogens is 2. The van der Waals surface area contributed by atoms with E-state index in [0.29, 0.717) is 38.0 Å². The first-order valence-electron chi connectivity index (χ1n) is 11.6. The lowest BCUT2D eigenvalue weighted by atomic mass is 9.88. The summed E-state index contributed by atoms with van der Waals surface area (Å²) in [6.45, 7) is 4.61. The monoisotopic (exact) mass is 525 g/mol. The Balaban J connectivity index is 1.42. The first-order chi connectivity index (χ1) is 17.5. The Morgan fingerprint density at radius 1 is 1.16 bits per heavy atom. The number of amides is 2. The van der Waals surface area contributed by atoms with E-state index in [1.807, 2.05) is 19.1 Å². The molecular formula is C24H28ClN9O3. The minimum Gasteiger partial charge on any atom is -0.512 e. The molecule has 2 aromatic rings. The Morgan fingerprint density at radius 3 is 2.43 bits per heavy atom. The number of halogens is 1. The highest BCUT2D eigenvalue weighted by atomic mass is 35.5. The number of benzene rings is 1. The average molecular weight is 526 g/mol. The first kappa shape index (κ1) is 25.9. The van der Waals surface area contributed by atoms with Crippen LogP contribution in [0, 0.1) is 12.3 Å². The van der Waals surface area contributed by atoms with Crippen LogP contribution in [0.2, 0.25) is 5.15 Å². The smallest absolute Gasteiger partial charge is 0.302 e. The summed E-state index contributed by atoms with van der Waals surface area (Å²) in [4.78, 5) is 39.2. The lowest BCUT2D eigenvalue weighted by molar-refractivity contribution is -0.128. The third-order valence-corrected chi connectivity index (χ3v) is 6.75. The third-order valence-electron chi connectivity index (χ3n) is 6.47. The number of allylic oxidation sites excluding steroid dienone is 1. The van der Waals surface area contributed by atoms with Crippen molar-refractivity contribution in [3.8, 4) is 0 Å². The van der Waals surface area contributed by atoms with Crippen molar-refractivity contribution in [1.82, 2.24) is 25.5 Å². The Hall–Kier alpha value is -4.19. The maximum atomic E-state index is 13.3. The molecule has 8 N–H and O–H groups in total. The van der Waals surface area contributed by atoms with Crippen LogP contribution in [-0.4, -0.2) is 68.6 Å². The number of hydrogen-bond acceptors (Lipinski definition) is 8. The van der Waals surface area contributed by atoms with Crippen LogP contribution in [0.3, 0.4) is 0 Å². The zero-order valence-electron chi connectivity index (χ0n) is 20.4. The summed E-state index contributed by atoms with van der Waals surface area (Å²) in [7, 11) is 0. The Kier molecular flexibility index (Phi) is 7.03. The fraction of sp³-hybridized carbons (Fsp3) is 0.333. The van der Waals surface area contributed by atoms with Crippen molar-refractivity contribution in [3.05, 3.63) is 57.6 Å². The highest BCUT2D eigenvalue weighted by molar-refractivity contribution is 6.31. The van der Waals surface area contributed by atoms with Crippen LogP contribution in [0.25, 0.3) is 0 Å². The minimum atomic E-state index is -0.727. The number of nitrogen functional groups attached to an aromatic ring is 2. The number of hydrogen-bond donors (Lipinski definition) is 6. The molecule has 1 spiro atoms. The van der Waals surface area contributed by atoms with Gasteiger partial charge in [-0.1, -0.05) is 41.4 Å². The number of aliphatic hydroxyl groups is 1. The number of guanidine groups is 1. The van der Waals surface area contributed by atoms with Crippen molar-refractivity contribution < 1.29 is 14.7 Å². The molecule has 2 fully saturated rings. The van der Waals surface area contributed by atoms with Gasteiger partial charge >= 0.3 is 5.91 Å². The van der Waals surface area contributed by atoms with E-state index in [2.05, 4.69) is 25.6 Å². The number of aryl methyl sites for hydroxylation is 1. The highest BCUT2D eigenvalue weighted by Crippen LogP contribution is 2.27. The van der Waals surface area contributed by atoms with Gasteiger partial charge in [0, 0.05) is 25.2 Å². The summed E-state index contributed by atoms with van der Waals surface area (Å²) in [6, 6.07) is 7.23. The number of nitrogens with zero attached hydrogens (tertiary/aromatic N) is 4. The second-order valence-electron chi connectivity index (χ2n) is 9.15. The molecule has 0 unspecified atom stereocenters. The minimum absolute atomic E-state index is 0.0222. The number of carbonyl (C=O) groups excluding carboxylic acids is 2. The van der Waals surface area contributed by atoms with Crippen LogP contribution in [0.4, 0.5) is 11.6 Å². The van der Waals surface area contributed by atoms with Crippen LogP contribution in [-0.2, 0) is 4.79 Å². The van der Waals surface area contributed by atoms with Crippen molar-refractivity contribution in [2.45, 2.75) is 32.2 Å². The summed E-state index contributed by atoms with van der Waals surface area (Å²) in [5.74, 6) is -1.32. The summed E-state index contributed by atoms with van der Waals surface area (Å²) in [6.07, 6.45) is 1.12. The van der Waals surface area contributed by atoms with E-state index in [4.69, 9.17) is 28.5 Å². The van der Waals surface area contributed by atoms with Crippen molar-refractivity contribution >= 4 is 46.7 Å². The molecule has 12 nitrogen and oxygen atoms in total. The van der Waals surface area contributed by atoms with E-state index >= 15 is 0 Å². The van der Waals surface area contributed by atoms with Gasteiger partial charge in [-0.05, 0) is 26.7 Å². The fourth-order valence-electron chi connectivity index (χ4n) is 4.32. The molecule has 3 heterocycles. The molecule has 2 aliphatic rings. The van der Waals surface area contributed by atoms with E-state index in [1.54, 1.807) is 17.0 Å². The number of rotatable bonds is 4. The van der Waals surface area contributed by atoms with E-state index in [9.17, 15) is 14.7 Å². The largest absolute Gasteiger partial charge is 0.512 e. The Morgan fingerprint density at radius 2 is 1.81 bits per heavy atom. The number of carbonyl (C=O) groups is 2. The van der Waals surface area contributed by atoms with E-state index < -0.39 is 17.4 Å². The maximum absolute atomic E-state index is 13.3. The molecular weight excluding hydrogens is 498 g/mol. The second-order valence-corrected chi connectivity index (χ2v) is 9.51. The predicted molar refractivity (Wildman–Crippen MR) is 141 cm³/mol. The molecule has 0 radical (unpaired) electrons. The van der Waals surface area contributed by atoms with Crippen LogP contribution in [0.1, 0.15) is 41.4 Å². The van der Waals surface area contributed by atoms with Gasteiger partial charge in [0.1, 0.15) is 11.3 Å². The van der Waals surface area contributed by atoms with Gasteiger partial charge in [-0.25, -0.2) is 9.97 Å². The summed E-state index contributed by atoms with van der Waals surface area (Å²) in [5, 5.41) is 25.0. The standard InChI is InChI=1S/C24H28ClN9O3/c1-12-3-5-14(6-4-12)16(26)15(13(2)35)22(37)34-9-7-24(8-10-34)11-29-23(33-24)32-21(36)17-19(27)31-20(28)18(25)30-17/h3-6,26,35H,7-11H2,1-2H3,(H4,27,28,31)(H2,29,32,33,36)/b15-13+,26-16?. The molecule has 194 valence electrons. The van der Waals surface area contributed by atoms with E-state index in [0.717, 1.165) is 5.56 Å². The van der Waals surface area contributed by atoms with Gasteiger partial charge < -0.3 is 32.1 Å². The molecule has 2 aliphatic heterocycles. The van der Waals surface area contributed by atoms with Gasteiger partial charge in [-0.15, -0.1) is 0 Å². The molecule has 2 amide bonds. The number of anilines is 2. The number of nitrogens with one attached hydrogen (secondary N) is 3.